The molecule has 1 N–H and O–H groups in total. The van der Waals surface area contributed by atoms with Crippen molar-refractivity contribution < 1.29 is 9.90 Å². The third-order valence-corrected chi connectivity index (χ3v) is 3.47. The van der Waals surface area contributed by atoms with Gasteiger partial charge in [0.25, 0.3) is 0 Å². The van der Waals surface area contributed by atoms with Crippen molar-refractivity contribution in [3.05, 3.63) is 65.5 Å². The quantitative estimate of drug-likeness (QED) is 0.792. The molecule has 1 aromatic heterocycles. The van der Waals surface area contributed by atoms with Gasteiger partial charge < -0.3 is 9.67 Å². The standard InChI is InChI=1S/C16H14N2O2/c1-11-5-2-3-6-12(11)9-18-10-17-14-8-4-7-13(15(14)18)16(19)20/h2-8,10H,9H2,1H3,(H,19,20). The van der Waals surface area contributed by atoms with Gasteiger partial charge in [-0.2, -0.15) is 0 Å². The molecule has 0 amide bonds. The van der Waals surface area contributed by atoms with Crippen LogP contribution in [0.25, 0.3) is 11.0 Å². The molecular formula is C16H14N2O2. The van der Waals surface area contributed by atoms with E-state index in [1.165, 1.54) is 5.56 Å². The number of imidazole rings is 1. The van der Waals surface area contributed by atoms with Crippen LogP contribution in [0.5, 0.6) is 0 Å². The van der Waals surface area contributed by atoms with Crippen molar-refractivity contribution in [2.75, 3.05) is 0 Å². The zero-order chi connectivity index (χ0) is 14.1. The van der Waals surface area contributed by atoms with Gasteiger partial charge >= 0.3 is 5.97 Å². The molecule has 0 saturated heterocycles. The Balaban J connectivity index is 2.13. The fourth-order valence-corrected chi connectivity index (χ4v) is 2.39. The smallest absolute Gasteiger partial charge is 0.337 e. The Bertz CT molecular complexity index is 790. The van der Waals surface area contributed by atoms with E-state index < -0.39 is 5.97 Å². The Morgan fingerprint density at radius 2 is 2.00 bits per heavy atom. The van der Waals surface area contributed by atoms with E-state index in [4.69, 9.17) is 0 Å². The molecule has 0 atom stereocenters. The van der Waals surface area contributed by atoms with Crippen LogP contribution >= 0.6 is 0 Å². The SMILES string of the molecule is Cc1ccccc1Cn1cnc2cccc(C(=O)O)c21. The third-order valence-electron chi connectivity index (χ3n) is 3.47. The zero-order valence-corrected chi connectivity index (χ0v) is 11.1. The number of para-hydroxylation sites is 1. The minimum atomic E-state index is -0.929. The number of rotatable bonds is 3. The van der Waals surface area contributed by atoms with Crippen LogP contribution in [0.3, 0.4) is 0 Å². The van der Waals surface area contributed by atoms with E-state index in [2.05, 4.69) is 4.98 Å². The molecule has 0 fully saturated rings. The number of hydrogen-bond acceptors (Lipinski definition) is 2. The number of aromatic carboxylic acids is 1. The summed E-state index contributed by atoms with van der Waals surface area (Å²) in [7, 11) is 0. The molecule has 0 aliphatic carbocycles. The van der Waals surface area contributed by atoms with Crippen molar-refractivity contribution in [2.45, 2.75) is 13.5 Å². The minimum Gasteiger partial charge on any atom is -0.478 e. The lowest BCUT2D eigenvalue weighted by molar-refractivity contribution is 0.0698. The monoisotopic (exact) mass is 266 g/mol. The van der Waals surface area contributed by atoms with Gasteiger partial charge in [-0.05, 0) is 30.2 Å². The van der Waals surface area contributed by atoms with Crippen molar-refractivity contribution in [1.82, 2.24) is 9.55 Å². The fourth-order valence-electron chi connectivity index (χ4n) is 2.39. The molecule has 3 rings (SSSR count). The molecule has 1 heterocycles. The summed E-state index contributed by atoms with van der Waals surface area (Å²) in [5.41, 5.74) is 4.00. The van der Waals surface area contributed by atoms with E-state index in [1.807, 2.05) is 41.8 Å². The Morgan fingerprint density at radius 1 is 1.20 bits per heavy atom. The maximum Gasteiger partial charge on any atom is 0.337 e. The highest BCUT2D eigenvalue weighted by Gasteiger charge is 2.13. The van der Waals surface area contributed by atoms with Gasteiger partial charge in [0.1, 0.15) is 0 Å². The van der Waals surface area contributed by atoms with Crippen LogP contribution in [-0.4, -0.2) is 20.6 Å². The van der Waals surface area contributed by atoms with E-state index in [0.29, 0.717) is 17.6 Å². The van der Waals surface area contributed by atoms with Gasteiger partial charge in [0.2, 0.25) is 0 Å². The van der Waals surface area contributed by atoms with Crippen LogP contribution in [-0.2, 0) is 6.54 Å². The summed E-state index contributed by atoms with van der Waals surface area (Å²) in [5, 5.41) is 9.31. The van der Waals surface area contributed by atoms with E-state index in [0.717, 1.165) is 5.56 Å². The topological polar surface area (TPSA) is 55.1 Å². The van der Waals surface area contributed by atoms with Gasteiger partial charge in [0.05, 0.1) is 22.9 Å². The number of hydrogen-bond donors (Lipinski definition) is 1. The molecule has 0 aliphatic rings. The molecule has 0 aliphatic heterocycles. The van der Waals surface area contributed by atoms with Crippen LogP contribution in [0, 0.1) is 6.92 Å². The second kappa shape index (κ2) is 4.81. The molecule has 2 aromatic carbocycles. The normalized spacial score (nSPS) is 10.8. The highest BCUT2D eigenvalue weighted by atomic mass is 16.4. The number of aryl methyl sites for hydroxylation is 1. The summed E-state index contributed by atoms with van der Waals surface area (Å²) < 4.78 is 1.89. The first-order valence-electron chi connectivity index (χ1n) is 6.38. The molecular weight excluding hydrogens is 252 g/mol. The molecule has 20 heavy (non-hydrogen) atoms. The molecule has 0 spiro atoms. The van der Waals surface area contributed by atoms with Crippen molar-refractivity contribution >= 4 is 17.0 Å². The molecule has 3 aromatic rings. The number of carboxylic acid groups (broad SMARTS) is 1. The number of nitrogens with zero attached hydrogens (tertiary/aromatic N) is 2. The molecule has 0 unspecified atom stereocenters. The Labute approximate surface area is 116 Å². The first kappa shape index (κ1) is 12.4. The molecule has 0 saturated carbocycles. The van der Waals surface area contributed by atoms with Gasteiger partial charge in [-0.1, -0.05) is 30.3 Å². The number of carboxylic acids is 1. The van der Waals surface area contributed by atoms with Crippen LogP contribution in [0.2, 0.25) is 0 Å². The summed E-state index contributed by atoms with van der Waals surface area (Å²) in [4.78, 5) is 15.6. The summed E-state index contributed by atoms with van der Waals surface area (Å²) >= 11 is 0. The number of aromatic nitrogens is 2. The van der Waals surface area contributed by atoms with Gasteiger partial charge in [-0.25, -0.2) is 9.78 Å². The highest BCUT2D eigenvalue weighted by molar-refractivity contribution is 6.01. The second-order valence-electron chi connectivity index (χ2n) is 4.78. The third kappa shape index (κ3) is 2.05. The van der Waals surface area contributed by atoms with Gasteiger partial charge in [0.15, 0.2) is 0 Å². The number of carbonyl (C=O) groups is 1. The lowest BCUT2D eigenvalue weighted by atomic mass is 10.1. The van der Waals surface area contributed by atoms with E-state index >= 15 is 0 Å². The Morgan fingerprint density at radius 3 is 2.75 bits per heavy atom. The average Bonchev–Trinajstić information content (AvgIpc) is 2.84. The van der Waals surface area contributed by atoms with E-state index in [-0.39, 0.29) is 5.56 Å². The van der Waals surface area contributed by atoms with Gasteiger partial charge in [0, 0.05) is 6.54 Å². The van der Waals surface area contributed by atoms with Crippen LogP contribution < -0.4 is 0 Å². The second-order valence-corrected chi connectivity index (χ2v) is 4.78. The highest BCUT2D eigenvalue weighted by Crippen LogP contribution is 2.20. The predicted octanol–water partition coefficient (Wildman–Crippen LogP) is 3.09. The van der Waals surface area contributed by atoms with Crippen molar-refractivity contribution in [3.8, 4) is 0 Å². The molecule has 0 radical (unpaired) electrons. The van der Waals surface area contributed by atoms with Crippen LogP contribution in [0.1, 0.15) is 21.5 Å². The van der Waals surface area contributed by atoms with E-state index in [1.54, 1.807) is 18.5 Å². The van der Waals surface area contributed by atoms with Crippen LogP contribution in [0.15, 0.2) is 48.8 Å². The molecule has 4 nitrogen and oxygen atoms in total. The maximum atomic E-state index is 11.3. The van der Waals surface area contributed by atoms with Gasteiger partial charge in [-0.3, -0.25) is 0 Å². The number of benzene rings is 2. The minimum absolute atomic E-state index is 0.286. The summed E-state index contributed by atoms with van der Waals surface area (Å²) in [5.74, 6) is -0.929. The molecule has 100 valence electrons. The fraction of sp³-hybridized carbons (Fsp3) is 0.125. The van der Waals surface area contributed by atoms with Gasteiger partial charge in [-0.15, -0.1) is 0 Å². The van der Waals surface area contributed by atoms with Crippen LogP contribution in [0.4, 0.5) is 0 Å². The lowest BCUT2D eigenvalue weighted by Gasteiger charge is -2.09. The van der Waals surface area contributed by atoms with Crippen molar-refractivity contribution in [1.29, 1.82) is 0 Å². The maximum absolute atomic E-state index is 11.3. The Kier molecular flexibility index (Phi) is 2.99. The number of fused-ring (bicyclic) bond motifs is 1. The average molecular weight is 266 g/mol. The van der Waals surface area contributed by atoms with Crippen molar-refractivity contribution in [3.63, 3.8) is 0 Å². The molecule has 0 bridgehead atoms. The Hall–Kier alpha value is -2.62. The first-order valence-corrected chi connectivity index (χ1v) is 6.38. The molecule has 4 heteroatoms. The lowest BCUT2D eigenvalue weighted by Crippen LogP contribution is -2.05. The summed E-state index contributed by atoms with van der Waals surface area (Å²) in [6.07, 6.45) is 1.70. The predicted molar refractivity (Wildman–Crippen MR) is 77.0 cm³/mol. The first-order chi connectivity index (χ1) is 9.66. The summed E-state index contributed by atoms with van der Waals surface area (Å²) in [6, 6.07) is 13.2. The van der Waals surface area contributed by atoms with Crippen molar-refractivity contribution in [2.24, 2.45) is 0 Å². The van der Waals surface area contributed by atoms with E-state index in [9.17, 15) is 9.90 Å². The largest absolute Gasteiger partial charge is 0.478 e. The zero-order valence-electron chi connectivity index (χ0n) is 11.1. The summed E-state index contributed by atoms with van der Waals surface area (Å²) in [6.45, 7) is 2.67.